The first-order valence-electron chi connectivity index (χ1n) is 8.78. The molecule has 0 unspecified atom stereocenters. The van der Waals surface area contributed by atoms with E-state index < -0.39 is 0 Å². The lowest BCUT2D eigenvalue weighted by atomic mass is 10.1. The Bertz CT molecular complexity index is 652. The molecule has 1 heterocycles. The number of anilines is 1. The van der Waals surface area contributed by atoms with E-state index in [-0.39, 0.29) is 6.03 Å². The van der Waals surface area contributed by atoms with Crippen LogP contribution in [0.3, 0.4) is 0 Å². The van der Waals surface area contributed by atoms with E-state index in [1.54, 1.807) is 0 Å². The lowest BCUT2D eigenvalue weighted by Gasteiger charge is -2.28. The predicted molar refractivity (Wildman–Crippen MR) is 99.9 cm³/mol. The van der Waals surface area contributed by atoms with E-state index in [4.69, 9.17) is 4.74 Å². The molecule has 1 saturated heterocycles. The molecular weight excluding hydrogens is 314 g/mol. The van der Waals surface area contributed by atoms with Crippen LogP contribution in [0, 0.1) is 0 Å². The summed E-state index contributed by atoms with van der Waals surface area (Å²) in [5.41, 5.74) is 3.55. The maximum Gasteiger partial charge on any atom is 0.315 e. The highest BCUT2D eigenvalue weighted by Gasteiger charge is 2.10. The number of hydrogen-bond acceptors (Lipinski definition) is 3. The molecular formula is C20H25N3O2. The number of benzene rings is 2. The van der Waals surface area contributed by atoms with E-state index in [0.717, 1.165) is 38.3 Å². The topological polar surface area (TPSA) is 53.6 Å². The van der Waals surface area contributed by atoms with E-state index in [9.17, 15) is 4.79 Å². The van der Waals surface area contributed by atoms with Gasteiger partial charge in [0.05, 0.1) is 13.2 Å². The standard InChI is InChI=1S/C20H25N3O2/c24-20(22-16-18-4-2-1-3-5-18)21-11-10-17-6-8-19(9-7-17)23-12-14-25-15-13-23/h1-9H,10-16H2,(H2,21,22,24). The van der Waals surface area contributed by atoms with Crippen molar-refractivity contribution in [2.45, 2.75) is 13.0 Å². The van der Waals surface area contributed by atoms with Gasteiger partial charge in [0.1, 0.15) is 0 Å². The monoisotopic (exact) mass is 339 g/mol. The quantitative estimate of drug-likeness (QED) is 0.850. The van der Waals surface area contributed by atoms with E-state index in [0.29, 0.717) is 13.1 Å². The Hall–Kier alpha value is -2.53. The number of carbonyl (C=O) groups is 1. The molecule has 1 aliphatic heterocycles. The molecule has 5 heteroatoms. The number of rotatable bonds is 6. The van der Waals surface area contributed by atoms with Gasteiger partial charge in [-0.25, -0.2) is 4.79 Å². The van der Waals surface area contributed by atoms with E-state index in [1.807, 2.05) is 30.3 Å². The Kier molecular flexibility index (Phi) is 6.29. The minimum Gasteiger partial charge on any atom is -0.378 e. The fourth-order valence-electron chi connectivity index (χ4n) is 2.86. The van der Waals surface area contributed by atoms with Crippen LogP contribution in [0.5, 0.6) is 0 Å². The maximum absolute atomic E-state index is 11.8. The van der Waals surface area contributed by atoms with E-state index >= 15 is 0 Å². The van der Waals surface area contributed by atoms with Gasteiger partial charge in [0.25, 0.3) is 0 Å². The van der Waals surface area contributed by atoms with Crippen LogP contribution in [0.4, 0.5) is 10.5 Å². The Morgan fingerprint density at radius 2 is 1.64 bits per heavy atom. The largest absolute Gasteiger partial charge is 0.378 e. The third-order valence-corrected chi connectivity index (χ3v) is 4.31. The molecule has 0 aliphatic carbocycles. The number of ether oxygens (including phenoxy) is 1. The summed E-state index contributed by atoms with van der Waals surface area (Å²) in [6.45, 7) is 4.65. The molecule has 5 nitrogen and oxygen atoms in total. The second-order valence-corrected chi connectivity index (χ2v) is 6.11. The van der Waals surface area contributed by atoms with Crippen molar-refractivity contribution in [2.75, 3.05) is 37.7 Å². The molecule has 0 aromatic heterocycles. The minimum atomic E-state index is -0.131. The number of morpholine rings is 1. The number of urea groups is 1. The first-order valence-corrected chi connectivity index (χ1v) is 8.78. The highest BCUT2D eigenvalue weighted by molar-refractivity contribution is 5.73. The van der Waals surface area contributed by atoms with Crippen molar-refractivity contribution >= 4 is 11.7 Å². The second-order valence-electron chi connectivity index (χ2n) is 6.11. The van der Waals surface area contributed by atoms with Crippen molar-refractivity contribution < 1.29 is 9.53 Å². The van der Waals surface area contributed by atoms with Crippen molar-refractivity contribution in [3.63, 3.8) is 0 Å². The summed E-state index contributed by atoms with van der Waals surface area (Å²) in [6, 6.07) is 18.3. The number of amides is 2. The Labute approximate surface area is 149 Å². The summed E-state index contributed by atoms with van der Waals surface area (Å²) in [6.07, 6.45) is 0.822. The molecule has 2 N–H and O–H groups in total. The summed E-state index contributed by atoms with van der Waals surface area (Å²) in [5.74, 6) is 0. The molecule has 0 atom stereocenters. The summed E-state index contributed by atoms with van der Waals surface area (Å²) in [4.78, 5) is 14.2. The lowest BCUT2D eigenvalue weighted by molar-refractivity contribution is 0.122. The normalized spacial score (nSPS) is 14.2. The molecule has 1 aliphatic rings. The molecule has 132 valence electrons. The number of nitrogens with zero attached hydrogens (tertiary/aromatic N) is 1. The van der Waals surface area contributed by atoms with Crippen LogP contribution in [0.1, 0.15) is 11.1 Å². The van der Waals surface area contributed by atoms with Gasteiger partial charge in [0.15, 0.2) is 0 Å². The van der Waals surface area contributed by atoms with Crippen molar-refractivity contribution in [2.24, 2.45) is 0 Å². The molecule has 1 fully saturated rings. The van der Waals surface area contributed by atoms with Crippen LogP contribution >= 0.6 is 0 Å². The summed E-state index contributed by atoms with van der Waals surface area (Å²) < 4.78 is 5.38. The zero-order chi connectivity index (χ0) is 17.3. The summed E-state index contributed by atoms with van der Waals surface area (Å²) >= 11 is 0. The zero-order valence-corrected chi connectivity index (χ0v) is 14.4. The molecule has 0 spiro atoms. The van der Waals surface area contributed by atoms with Crippen LogP contribution in [0.15, 0.2) is 54.6 Å². The minimum absolute atomic E-state index is 0.131. The molecule has 0 radical (unpaired) electrons. The second kappa shape index (κ2) is 9.08. The molecule has 0 saturated carbocycles. The van der Waals surface area contributed by atoms with Crippen molar-refractivity contribution in [1.82, 2.24) is 10.6 Å². The van der Waals surface area contributed by atoms with E-state index in [1.165, 1.54) is 11.3 Å². The summed E-state index contributed by atoms with van der Waals surface area (Å²) in [7, 11) is 0. The molecule has 2 amide bonds. The van der Waals surface area contributed by atoms with Gasteiger partial charge in [0.2, 0.25) is 0 Å². The smallest absolute Gasteiger partial charge is 0.315 e. The fraction of sp³-hybridized carbons (Fsp3) is 0.350. The Morgan fingerprint density at radius 1 is 0.920 bits per heavy atom. The van der Waals surface area contributed by atoms with Gasteiger partial charge in [-0.05, 0) is 29.7 Å². The first-order chi connectivity index (χ1) is 12.3. The Morgan fingerprint density at radius 3 is 2.36 bits per heavy atom. The Balaban J connectivity index is 1.37. The third-order valence-electron chi connectivity index (χ3n) is 4.31. The van der Waals surface area contributed by atoms with Crippen LogP contribution in [-0.2, 0) is 17.7 Å². The number of carbonyl (C=O) groups excluding carboxylic acids is 1. The van der Waals surface area contributed by atoms with Crippen molar-refractivity contribution in [3.8, 4) is 0 Å². The average molecular weight is 339 g/mol. The molecule has 25 heavy (non-hydrogen) atoms. The SMILES string of the molecule is O=C(NCCc1ccc(N2CCOCC2)cc1)NCc1ccccc1. The van der Waals surface area contributed by atoms with Crippen molar-refractivity contribution in [1.29, 1.82) is 0 Å². The number of hydrogen-bond donors (Lipinski definition) is 2. The van der Waals surface area contributed by atoms with Gasteiger partial charge in [-0.1, -0.05) is 42.5 Å². The van der Waals surface area contributed by atoms with Gasteiger partial charge in [0, 0.05) is 31.9 Å². The molecule has 2 aromatic rings. The van der Waals surface area contributed by atoms with Crippen LogP contribution < -0.4 is 15.5 Å². The zero-order valence-electron chi connectivity index (χ0n) is 14.4. The first kappa shape index (κ1) is 17.3. The molecule has 2 aromatic carbocycles. The maximum atomic E-state index is 11.8. The van der Waals surface area contributed by atoms with E-state index in [2.05, 4.69) is 39.8 Å². The highest BCUT2D eigenvalue weighted by atomic mass is 16.5. The average Bonchev–Trinajstić information content (AvgIpc) is 2.68. The van der Waals surface area contributed by atoms with Crippen LogP contribution in [0.2, 0.25) is 0 Å². The summed E-state index contributed by atoms with van der Waals surface area (Å²) in [5, 5.41) is 5.77. The molecule has 3 rings (SSSR count). The molecule has 0 bridgehead atoms. The van der Waals surface area contributed by atoms with Gasteiger partial charge >= 0.3 is 6.03 Å². The van der Waals surface area contributed by atoms with Gasteiger partial charge < -0.3 is 20.3 Å². The lowest BCUT2D eigenvalue weighted by Crippen LogP contribution is -2.36. The fourth-order valence-corrected chi connectivity index (χ4v) is 2.86. The highest BCUT2D eigenvalue weighted by Crippen LogP contribution is 2.16. The van der Waals surface area contributed by atoms with Gasteiger partial charge in [-0.3, -0.25) is 0 Å². The van der Waals surface area contributed by atoms with Crippen LogP contribution in [-0.4, -0.2) is 38.9 Å². The van der Waals surface area contributed by atoms with Crippen LogP contribution in [0.25, 0.3) is 0 Å². The van der Waals surface area contributed by atoms with Gasteiger partial charge in [-0.15, -0.1) is 0 Å². The van der Waals surface area contributed by atoms with Gasteiger partial charge in [-0.2, -0.15) is 0 Å². The predicted octanol–water partition coefficient (Wildman–Crippen LogP) is 2.57. The van der Waals surface area contributed by atoms with Crippen molar-refractivity contribution in [3.05, 3.63) is 65.7 Å². The third kappa shape index (κ3) is 5.50. The number of nitrogens with one attached hydrogen (secondary N) is 2.